The Hall–Kier alpha value is -1.18. The topological polar surface area (TPSA) is 177 Å². The molecule has 14 atom stereocenters. The zero-order chi connectivity index (χ0) is 31.3. The number of ether oxygens (including phenoxy) is 2. The van der Waals surface area contributed by atoms with Crippen molar-refractivity contribution in [1.82, 2.24) is 4.90 Å². The predicted octanol–water partition coefficient (Wildman–Crippen LogP) is 0.250. The van der Waals surface area contributed by atoms with Gasteiger partial charge in [-0.15, -0.1) is 0 Å². The molecule has 7 fully saturated rings. The second-order valence-corrected chi connectivity index (χ2v) is 16.2. The summed E-state index contributed by atoms with van der Waals surface area (Å²) < 4.78 is 12.3. The second-order valence-electron chi connectivity index (χ2n) is 16.2. The molecule has 0 amide bonds. The summed E-state index contributed by atoms with van der Waals surface area (Å²) in [7, 11) is 0. The SMILES string of the molecule is CC(C)C(=O)C(=O)O[C@H]1CC[C@@]2(C)[C@@H]3CC[C@H]4[C@]5(O)C[C@H](O)[C@@]6(O)[C@@H](CN7C[C@@H](C)CC[C@H]7[C@@]6(C)O)[C@]5(O)C[C@@]42O[C@]13O. The van der Waals surface area contributed by atoms with Gasteiger partial charge in [0.25, 0.3) is 0 Å². The Bertz CT molecular complexity index is 1240. The minimum absolute atomic E-state index is 0.119. The normalized spacial score (nSPS) is 58.7. The fourth-order valence-electron chi connectivity index (χ4n) is 11.9. The fourth-order valence-corrected chi connectivity index (χ4v) is 11.9. The smallest absolute Gasteiger partial charge is 0.375 e. The maximum atomic E-state index is 12.9. The third-order valence-electron chi connectivity index (χ3n) is 14.0. The largest absolute Gasteiger partial charge is 0.451 e. The van der Waals surface area contributed by atoms with E-state index in [9.17, 15) is 40.2 Å². The van der Waals surface area contributed by atoms with E-state index < -0.39 is 92.9 Å². The molecule has 0 aromatic carbocycles. The quantitative estimate of drug-likeness (QED) is 0.192. The van der Waals surface area contributed by atoms with Crippen molar-refractivity contribution in [1.29, 1.82) is 0 Å². The van der Waals surface area contributed by atoms with E-state index in [-0.39, 0.29) is 25.8 Å². The van der Waals surface area contributed by atoms with Crippen LogP contribution < -0.4 is 0 Å². The molecule has 4 aliphatic carbocycles. The summed E-state index contributed by atoms with van der Waals surface area (Å²) in [5, 5.41) is 73.9. The van der Waals surface area contributed by atoms with Crippen molar-refractivity contribution < 1.29 is 49.7 Å². The average molecular weight is 608 g/mol. The number of hydrogen-bond donors (Lipinski definition) is 6. The molecule has 11 heteroatoms. The van der Waals surface area contributed by atoms with E-state index in [0.29, 0.717) is 38.1 Å². The Morgan fingerprint density at radius 1 is 0.907 bits per heavy atom. The molecule has 0 aromatic rings. The first-order valence-corrected chi connectivity index (χ1v) is 16.3. The summed E-state index contributed by atoms with van der Waals surface area (Å²) in [6.45, 7) is 9.71. The van der Waals surface area contributed by atoms with E-state index in [1.54, 1.807) is 20.8 Å². The summed E-state index contributed by atoms with van der Waals surface area (Å²) in [5.41, 5.74) is -9.71. The molecular weight excluding hydrogens is 558 g/mol. The van der Waals surface area contributed by atoms with Crippen LogP contribution in [0.3, 0.4) is 0 Å². The third kappa shape index (κ3) is 3.29. The molecule has 0 radical (unpaired) electrons. The lowest BCUT2D eigenvalue weighted by Crippen LogP contribution is -2.85. The zero-order valence-electron chi connectivity index (χ0n) is 26.0. The van der Waals surface area contributed by atoms with Crippen LogP contribution in [-0.2, 0) is 19.1 Å². The van der Waals surface area contributed by atoms with Crippen LogP contribution in [0.25, 0.3) is 0 Å². The van der Waals surface area contributed by atoms with Gasteiger partial charge in [0.1, 0.15) is 22.4 Å². The molecule has 1 spiro atoms. The molecule has 43 heavy (non-hydrogen) atoms. The fraction of sp³-hybridized carbons (Fsp3) is 0.938. The van der Waals surface area contributed by atoms with E-state index in [1.807, 2.05) is 6.92 Å². The number of nitrogens with zero attached hydrogens (tertiary/aromatic N) is 1. The minimum atomic E-state index is -2.10. The lowest BCUT2D eigenvalue weighted by molar-refractivity contribution is -0.354. The number of carbonyl (C=O) groups is 2. The van der Waals surface area contributed by atoms with Gasteiger partial charge in [-0.3, -0.25) is 9.69 Å². The van der Waals surface area contributed by atoms with Gasteiger partial charge in [0.2, 0.25) is 11.6 Å². The highest BCUT2D eigenvalue weighted by atomic mass is 16.7. The Balaban J connectivity index is 1.30. The van der Waals surface area contributed by atoms with Crippen molar-refractivity contribution in [3.63, 3.8) is 0 Å². The van der Waals surface area contributed by atoms with Gasteiger partial charge in [-0.1, -0.05) is 27.7 Å². The van der Waals surface area contributed by atoms with Crippen LogP contribution in [0.5, 0.6) is 0 Å². The molecule has 4 bridgehead atoms. The highest BCUT2D eigenvalue weighted by Crippen LogP contribution is 2.78. The van der Waals surface area contributed by atoms with E-state index in [1.165, 1.54) is 0 Å². The van der Waals surface area contributed by atoms with Crippen molar-refractivity contribution in [2.24, 2.45) is 35.0 Å². The molecule has 7 aliphatic rings. The average Bonchev–Trinajstić information content (AvgIpc) is 3.09. The number of fused-ring (bicyclic) bond motifs is 5. The number of rotatable bonds is 3. The van der Waals surface area contributed by atoms with Crippen LogP contribution in [0.4, 0.5) is 0 Å². The van der Waals surface area contributed by atoms with Gasteiger partial charge in [-0.2, -0.15) is 0 Å². The third-order valence-corrected chi connectivity index (χ3v) is 14.0. The van der Waals surface area contributed by atoms with Crippen LogP contribution in [0.1, 0.15) is 86.0 Å². The highest BCUT2D eigenvalue weighted by Gasteiger charge is 2.88. The number of piperidine rings is 2. The zero-order valence-corrected chi connectivity index (χ0v) is 26.0. The summed E-state index contributed by atoms with van der Waals surface area (Å²) in [6, 6.07) is -0.412. The van der Waals surface area contributed by atoms with Crippen LogP contribution in [-0.4, -0.2) is 112 Å². The Kier molecular flexibility index (Phi) is 6.23. The number of esters is 1. The van der Waals surface area contributed by atoms with Gasteiger partial charge in [0.15, 0.2) is 6.10 Å². The molecule has 0 aromatic heterocycles. The summed E-state index contributed by atoms with van der Waals surface area (Å²) in [5.74, 6) is -6.16. The molecule has 242 valence electrons. The van der Waals surface area contributed by atoms with Crippen LogP contribution in [0.15, 0.2) is 0 Å². The van der Waals surface area contributed by atoms with Gasteiger partial charge < -0.3 is 40.1 Å². The van der Waals surface area contributed by atoms with E-state index >= 15 is 0 Å². The summed E-state index contributed by atoms with van der Waals surface area (Å²) in [4.78, 5) is 27.2. The lowest BCUT2D eigenvalue weighted by Gasteiger charge is -2.68. The standard InChI is InChI=1S/C32H49NO10/c1-16(2)24(35)25(36)42-23-10-11-26(4)18-7-8-19-28(38)12-22(34)31(40)20(29(28,39)15-30(19,26)43-32(18,23)41)14-33-13-17(3)6-9-21(33)27(31,5)37/h16-23,34,37-41H,6-15H2,1-5H3/t17-,18-,19-,20-,21-,22-,23-,26-,27+,28+,29+,30+,31-,32-/m0/s1. The Morgan fingerprint density at radius 2 is 1.58 bits per heavy atom. The van der Waals surface area contributed by atoms with E-state index in [4.69, 9.17) is 9.47 Å². The number of ketones is 1. The molecule has 0 unspecified atom stereocenters. The second kappa shape index (κ2) is 8.79. The van der Waals surface area contributed by atoms with Crippen molar-refractivity contribution in [3.8, 4) is 0 Å². The maximum absolute atomic E-state index is 12.9. The van der Waals surface area contributed by atoms with Gasteiger partial charge in [0.05, 0.1) is 11.7 Å². The Morgan fingerprint density at radius 3 is 2.26 bits per heavy atom. The van der Waals surface area contributed by atoms with Crippen LogP contribution in [0.2, 0.25) is 0 Å². The molecule has 3 aliphatic heterocycles. The molecule has 3 saturated heterocycles. The van der Waals surface area contributed by atoms with Crippen molar-refractivity contribution in [2.45, 2.75) is 138 Å². The lowest BCUT2D eigenvalue weighted by atomic mass is 9.49. The molecule has 3 heterocycles. The highest BCUT2D eigenvalue weighted by molar-refractivity contribution is 6.34. The van der Waals surface area contributed by atoms with Crippen molar-refractivity contribution >= 4 is 11.8 Å². The monoisotopic (exact) mass is 607 g/mol. The van der Waals surface area contributed by atoms with Gasteiger partial charge in [0, 0.05) is 61.1 Å². The van der Waals surface area contributed by atoms with Gasteiger partial charge in [-0.05, 0) is 51.4 Å². The van der Waals surface area contributed by atoms with Gasteiger partial charge in [-0.25, -0.2) is 4.79 Å². The first-order chi connectivity index (χ1) is 19.8. The van der Waals surface area contributed by atoms with E-state index in [2.05, 4.69) is 11.8 Å². The number of aliphatic hydroxyl groups is 6. The number of hydrogen-bond acceptors (Lipinski definition) is 11. The molecule has 4 saturated carbocycles. The first-order valence-electron chi connectivity index (χ1n) is 16.3. The molecule has 7 rings (SSSR count). The number of Topliss-reactive ketones (excluding diaryl/α,β-unsaturated/α-hetero) is 1. The molecule has 6 N–H and O–H groups in total. The number of carbonyl (C=O) groups excluding carboxylic acids is 2. The van der Waals surface area contributed by atoms with Crippen molar-refractivity contribution in [2.75, 3.05) is 13.1 Å². The van der Waals surface area contributed by atoms with Gasteiger partial charge >= 0.3 is 5.97 Å². The molecular formula is C32H49NO10. The van der Waals surface area contributed by atoms with Crippen molar-refractivity contribution in [3.05, 3.63) is 0 Å². The first kappa shape index (κ1) is 30.5. The van der Waals surface area contributed by atoms with E-state index in [0.717, 1.165) is 6.42 Å². The minimum Gasteiger partial charge on any atom is -0.451 e. The predicted molar refractivity (Wildman–Crippen MR) is 150 cm³/mol. The number of aliphatic hydroxyl groups excluding tert-OH is 1. The summed E-state index contributed by atoms with van der Waals surface area (Å²) >= 11 is 0. The summed E-state index contributed by atoms with van der Waals surface area (Å²) in [6.07, 6.45) is -0.0873. The molecule has 11 nitrogen and oxygen atoms in total. The van der Waals surface area contributed by atoms with Crippen LogP contribution in [0, 0.1) is 35.0 Å². The Labute approximate surface area is 252 Å². The maximum Gasteiger partial charge on any atom is 0.375 e. The van der Waals surface area contributed by atoms with Crippen LogP contribution >= 0.6 is 0 Å².